The third-order valence-corrected chi connectivity index (χ3v) is 3.17. The predicted octanol–water partition coefficient (Wildman–Crippen LogP) is 2.83. The van der Waals surface area contributed by atoms with Gasteiger partial charge in [-0.05, 0) is 30.9 Å². The number of ketones is 1. The number of methoxy groups -OCH3 is 1. The maximum atomic E-state index is 11.8. The van der Waals surface area contributed by atoms with Gasteiger partial charge in [0.25, 0.3) is 0 Å². The number of carbonyl (C=O) groups is 1. The van der Waals surface area contributed by atoms with Gasteiger partial charge < -0.3 is 9.47 Å². The number of hydrogen-bond donors (Lipinski definition) is 0. The van der Waals surface area contributed by atoms with Gasteiger partial charge in [0.2, 0.25) is 0 Å². The third-order valence-electron chi connectivity index (χ3n) is 3.17. The molecule has 1 aliphatic carbocycles. The van der Waals surface area contributed by atoms with Crippen molar-refractivity contribution in [1.82, 2.24) is 0 Å². The van der Waals surface area contributed by atoms with Crippen LogP contribution in [0.25, 0.3) is 0 Å². The third kappa shape index (κ3) is 2.78. The lowest BCUT2D eigenvalue weighted by atomic mass is 9.88. The van der Waals surface area contributed by atoms with Crippen LogP contribution in [0.15, 0.2) is 24.3 Å². The second-order valence-electron chi connectivity index (χ2n) is 4.61. The average molecular weight is 234 g/mol. The van der Waals surface area contributed by atoms with E-state index < -0.39 is 0 Å². The summed E-state index contributed by atoms with van der Waals surface area (Å²) in [4.78, 5) is 11.8. The van der Waals surface area contributed by atoms with Crippen LogP contribution in [0, 0.1) is 5.92 Å². The highest BCUT2D eigenvalue weighted by molar-refractivity contribution is 5.84. The summed E-state index contributed by atoms with van der Waals surface area (Å²) < 4.78 is 11.0. The van der Waals surface area contributed by atoms with Crippen molar-refractivity contribution in [3.63, 3.8) is 0 Å². The van der Waals surface area contributed by atoms with E-state index in [2.05, 4.69) is 6.92 Å². The van der Waals surface area contributed by atoms with Crippen molar-refractivity contribution in [1.29, 1.82) is 0 Å². The molecule has 1 aromatic carbocycles. The molecule has 0 spiro atoms. The van der Waals surface area contributed by atoms with E-state index in [0.717, 1.165) is 12.8 Å². The second kappa shape index (κ2) is 5.21. The van der Waals surface area contributed by atoms with E-state index in [9.17, 15) is 4.79 Å². The molecule has 0 amide bonds. The van der Waals surface area contributed by atoms with Gasteiger partial charge in [-0.15, -0.1) is 0 Å². The normalized spacial score (nSPS) is 24.5. The SMILES string of the molecule is COc1ccccc1OC1CCC(C)CC1=O. The number of rotatable bonds is 3. The molecule has 2 unspecified atom stereocenters. The van der Waals surface area contributed by atoms with Crippen LogP contribution < -0.4 is 9.47 Å². The highest BCUT2D eigenvalue weighted by Gasteiger charge is 2.28. The molecular formula is C14H18O3. The summed E-state index contributed by atoms with van der Waals surface area (Å²) in [6, 6.07) is 7.44. The Hall–Kier alpha value is -1.51. The van der Waals surface area contributed by atoms with Crippen LogP contribution in [0.2, 0.25) is 0 Å². The fourth-order valence-electron chi connectivity index (χ4n) is 2.17. The first-order valence-electron chi connectivity index (χ1n) is 6.03. The standard InChI is InChI=1S/C14H18O3/c1-10-7-8-12(11(15)9-10)17-14-6-4-3-5-13(14)16-2/h3-6,10,12H,7-9H2,1-2H3. The molecule has 3 heteroatoms. The van der Waals surface area contributed by atoms with Gasteiger partial charge in [-0.1, -0.05) is 19.1 Å². The molecule has 1 aromatic rings. The molecule has 92 valence electrons. The number of para-hydroxylation sites is 2. The minimum atomic E-state index is -0.303. The summed E-state index contributed by atoms with van der Waals surface area (Å²) in [6.07, 6.45) is 2.17. The van der Waals surface area contributed by atoms with Gasteiger partial charge in [-0.25, -0.2) is 0 Å². The molecule has 0 aromatic heterocycles. The highest BCUT2D eigenvalue weighted by Crippen LogP contribution is 2.30. The average Bonchev–Trinajstić information content (AvgIpc) is 2.33. The van der Waals surface area contributed by atoms with Crippen molar-refractivity contribution in [2.24, 2.45) is 5.92 Å². The first-order valence-corrected chi connectivity index (χ1v) is 6.03. The minimum Gasteiger partial charge on any atom is -0.493 e. The number of benzene rings is 1. The molecular weight excluding hydrogens is 216 g/mol. The molecule has 0 radical (unpaired) electrons. The smallest absolute Gasteiger partial charge is 0.173 e. The Kier molecular flexibility index (Phi) is 3.67. The van der Waals surface area contributed by atoms with Crippen LogP contribution in [0.3, 0.4) is 0 Å². The van der Waals surface area contributed by atoms with Gasteiger partial charge in [-0.3, -0.25) is 4.79 Å². The molecule has 0 saturated heterocycles. The highest BCUT2D eigenvalue weighted by atomic mass is 16.5. The van der Waals surface area contributed by atoms with Crippen LogP contribution in [-0.4, -0.2) is 19.0 Å². The van der Waals surface area contributed by atoms with Crippen molar-refractivity contribution in [2.45, 2.75) is 32.3 Å². The molecule has 1 aliphatic rings. The maximum Gasteiger partial charge on any atom is 0.173 e. The summed E-state index contributed by atoms with van der Waals surface area (Å²) in [5, 5.41) is 0. The van der Waals surface area contributed by atoms with Crippen LogP contribution in [0.4, 0.5) is 0 Å². The Balaban J connectivity index is 2.07. The predicted molar refractivity (Wildman–Crippen MR) is 65.4 cm³/mol. The molecule has 2 atom stereocenters. The quantitative estimate of drug-likeness (QED) is 0.806. The van der Waals surface area contributed by atoms with Crippen molar-refractivity contribution in [3.05, 3.63) is 24.3 Å². The zero-order chi connectivity index (χ0) is 12.3. The fourth-order valence-corrected chi connectivity index (χ4v) is 2.17. The number of carbonyl (C=O) groups excluding carboxylic acids is 1. The lowest BCUT2D eigenvalue weighted by Crippen LogP contribution is -2.33. The number of hydrogen-bond acceptors (Lipinski definition) is 3. The Morgan fingerprint density at radius 3 is 2.53 bits per heavy atom. The molecule has 0 bridgehead atoms. The molecule has 0 heterocycles. The van der Waals surface area contributed by atoms with E-state index in [1.54, 1.807) is 7.11 Å². The van der Waals surface area contributed by atoms with E-state index >= 15 is 0 Å². The molecule has 1 fully saturated rings. The van der Waals surface area contributed by atoms with Gasteiger partial charge in [0.05, 0.1) is 7.11 Å². The fraction of sp³-hybridized carbons (Fsp3) is 0.500. The van der Waals surface area contributed by atoms with Crippen LogP contribution in [0.1, 0.15) is 26.2 Å². The molecule has 1 saturated carbocycles. The Morgan fingerprint density at radius 1 is 1.18 bits per heavy atom. The lowest BCUT2D eigenvalue weighted by Gasteiger charge is -2.26. The van der Waals surface area contributed by atoms with Crippen LogP contribution in [0.5, 0.6) is 11.5 Å². The van der Waals surface area contributed by atoms with E-state index in [0.29, 0.717) is 23.8 Å². The Morgan fingerprint density at radius 2 is 1.88 bits per heavy atom. The molecule has 0 N–H and O–H groups in total. The summed E-state index contributed by atoms with van der Waals surface area (Å²) in [7, 11) is 1.60. The summed E-state index contributed by atoms with van der Waals surface area (Å²) in [6.45, 7) is 2.11. The van der Waals surface area contributed by atoms with Gasteiger partial charge in [0.15, 0.2) is 23.4 Å². The molecule has 3 nitrogen and oxygen atoms in total. The van der Waals surface area contributed by atoms with E-state index in [1.807, 2.05) is 24.3 Å². The van der Waals surface area contributed by atoms with Crippen molar-refractivity contribution < 1.29 is 14.3 Å². The number of ether oxygens (including phenoxy) is 2. The molecule has 2 rings (SSSR count). The van der Waals surface area contributed by atoms with Crippen molar-refractivity contribution in [3.8, 4) is 11.5 Å². The van der Waals surface area contributed by atoms with Gasteiger partial charge in [0.1, 0.15) is 0 Å². The first kappa shape index (κ1) is 12.0. The zero-order valence-electron chi connectivity index (χ0n) is 10.3. The molecule has 0 aliphatic heterocycles. The summed E-state index contributed by atoms with van der Waals surface area (Å²) >= 11 is 0. The van der Waals surface area contributed by atoms with Gasteiger partial charge >= 0.3 is 0 Å². The Labute approximate surface area is 102 Å². The van der Waals surface area contributed by atoms with E-state index in [4.69, 9.17) is 9.47 Å². The zero-order valence-corrected chi connectivity index (χ0v) is 10.3. The topological polar surface area (TPSA) is 35.5 Å². The van der Waals surface area contributed by atoms with E-state index in [-0.39, 0.29) is 11.9 Å². The minimum absolute atomic E-state index is 0.203. The van der Waals surface area contributed by atoms with Crippen molar-refractivity contribution >= 4 is 5.78 Å². The van der Waals surface area contributed by atoms with Gasteiger partial charge in [0, 0.05) is 6.42 Å². The Bertz CT molecular complexity index is 400. The van der Waals surface area contributed by atoms with Crippen molar-refractivity contribution in [2.75, 3.05) is 7.11 Å². The monoisotopic (exact) mass is 234 g/mol. The van der Waals surface area contributed by atoms with Gasteiger partial charge in [-0.2, -0.15) is 0 Å². The number of Topliss-reactive ketones (excluding diaryl/α,β-unsaturated/α-hetero) is 1. The van der Waals surface area contributed by atoms with Crippen LogP contribution in [-0.2, 0) is 4.79 Å². The first-order chi connectivity index (χ1) is 8.20. The maximum absolute atomic E-state index is 11.8. The lowest BCUT2D eigenvalue weighted by molar-refractivity contribution is -0.129. The van der Waals surface area contributed by atoms with Crippen LogP contribution >= 0.6 is 0 Å². The second-order valence-corrected chi connectivity index (χ2v) is 4.61. The summed E-state index contributed by atoms with van der Waals surface area (Å²) in [5.41, 5.74) is 0. The summed E-state index contributed by atoms with van der Waals surface area (Å²) in [5.74, 6) is 2.02. The molecule has 17 heavy (non-hydrogen) atoms. The largest absolute Gasteiger partial charge is 0.493 e. The van der Waals surface area contributed by atoms with E-state index in [1.165, 1.54) is 0 Å².